The number of ether oxygens (including phenoxy) is 3. The largest absolute Gasteiger partial charge is 0.493 e. The summed E-state index contributed by atoms with van der Waals surface area (Å²) in [5.74, 6) is 2.00. The van der Waals surface area contributed by atoms with Crippen LogP contribution in [0.25, 0.3) is 0 Å². The number of carbonyl (C=O) groups is 1. The summed E-state index contributed by atoms with van der Waals surface area (Å²) in [6.07, 6.45) is 3.74. The minimum absolute atomic E-state index is 0.0140. The lowest BCUT2D eigenvalue weighted by Gasteiger charge is -2.30. The van der Waals surface area contributed by atoms with Crippen molar-refractivity contribution in [2.45, 2.75) is 37.8 Å². The van der Waals surface area contributed by atoms with Gasteiger partial charge in [0.1, 0.15) is 0 Å². The predicted molar refractivity (Wildman–Crippen MR) is 98.0 cm³/mol. The van der Waals surface area contributed by atoms with Crippen LogP contribution in [-0.4, -0.2) is 32.3 Å². The number of amides is 1. The maximum absolute atomic E-state index is 12.1. The Hall–Kier alpha value is -2.21. The molecule has 0 radical (unpaired) electrons. The Balaban J connectivity index is 1.54. The van der Waals surface area contributed by atoms with Gasteiger partial charge in [0.05, 0.1) is 20.3 Å². The first-order valence-corrected chi connectivity index (χ1v) is 9.36. The number of rotatable bonds is 6. The van der Waals surface area contributed by atoms with Crippen molar-refractivity contribution in [3.63, 3.8) is 0 Å². The van der Waals surface area contributed by atoms with Crippen molar-refractivity contribution in [3.05, 3.63) is 40.6 Å². The summed E-state index contributed by atoms with van der Waals surface area (Å²) >= 11 is 1.54. The van der Waals surface area contributed by atoms with E-state index < -0.39 is 0 Å². The van der Waals surface area contributed by atoms with E-state index in [9.17, 15) is 4.79 Å². The number of nitrogens with one attached hydrogen (secondary N) is 1. The fourth-order valence-corrected chi connectivity index (χ4v) is 3.75. The quantitative estimate of drug-likeness (QED) is 0.848. The molecule has 2 aromatic rings. The molecule has 0 bridgehead atoms. The molecule has 1 heterocycles. The highest BCUT2D eigenvalue weighted by molar-refractivity contribution is 7.08. The van der Waals surface area contributed by atoms with Crippen LogP contribution in [-0.2, 0) is 0 Å². The van der Waals surface area contributed by atoms with Crippen molar-refractivity contribution in [1.82, 2.24) is 5.32 Å². The summed E-state index contributed by atoms with van der Waals surface area (Å²) in [5.41, 5.74) is 0.740. The van der Waals surface area contributed by atoms with Crippen molar-refractivity contribution in [2.24, 2.45) is 0 Å². The van der Waals surface area contributed by atoms with Gasteiger partial charge in [-0.05, 0) is 49.3 Å². The van der Waals surface area contributed by atoms with Gasteiger partial charge < -0.3 is 19.5 Å². The van der Waals surface area contributed by atoms with E-state index >= 15 is 0 Å². The van der Waals surface area contributed by atoms with Crippen LogP contribution in [0.3, 0.4) is 0 Å². The van der Waals surface area contributed by atoms with Crippen molar-refractivity contribution in [1.29, 1.82) is 0 Å². The van der Waals surface area contributed by atoms with Gasteiger partial charge in [0.25, 0.3) is 5.91 Å². The lowest BCUT2D eigenvalue weighted by Crippen LogP contribution is -2.39. The van der Waals surface area contributed by atoms with E-state index in [1.54, 1.807) is 14.2 Å². The lowest BCUT2D eigenvalue weighted by atomic mass is 9.92. The van der Waals surface area contributed by atoms with Crippen LogP contribution < -0.4 is 19.5 Å². The molecule has 1 aromatic carbocycles. The summed E-state index contributed by atoms with van der Waals surface area (Å²) in [5, 5.41) is 6.91. The molecule has 1 aliphatic rings. The average molecular weight is 361 g/mol. The zero-order chi connectivity index (χ0) is 17.6. The monoisotopic (exact) mass is 361 g/mol. The van der Waals surface area contributed by atoms with E-state index in [1.165, 1.54) is 11.3 Å². The second kappa shape index (κ2) is 8.25. The van der Waals surface area contributed by atoms with Gasteiger partial charge in [-0.2, -0.15) is 11.3 Å². The maximum Gasteiger partial charge on any atom is 0.252 e. The molecule has 25 heavy (non-hydrogen) atoms. The van der Waals surface area contributed by atoms with Gasteiger partial charge in [-0.25, -0.2) is 0 Å². The standard InChI is InChI=1S/C19H23NO4S/c1-22-16-4-3-5-17(18(16)23-2)24-15-8-6-14(7-9-15)20-19(21)13-10-11-25-12-13/h3-5,10-12,14-15H,6-9H2,1-2H3,(H,20,21). The fraction of sp³-hybridized carbons (Fsp3) is 0.421. The first-order chi connectivity index (χ1) is 12.2. The smallest absolute Gasteiger partial charge is 0.252 e. The first-order valence-electron chi connectivity index (χ1n) is 8.42. The molecular weight excluding hydrogens is 338 g/mol. The van der Waals surface area contributed by atoms with Gasteiger partial charge in [-0.3, -0.25) is 4.79 Å². The molecule has 1 saturated carbocycles. The molecule has 3 rings (SSSR count). The third kappa shape index (κ3) is 4.25. The number of carbonyl (C=O) groups excluding carboxylic acids is 1. The van der Waals surface area contributed by atoms with Crippen LogP contribution in [0.2, 0.25) is 0 Å². The molecule has 0 unspecified atom stereocenters. The van der Waals surface area contributed by atoms with Crippen LogP contribution in [0.4, 0.5) is 0 Å². The topological polar surface area (TPSA) is 56.8 Å². The molecular formula is C19H23NO4S. The molecule has 1 aliphatic carbocycles. The second-order valence-electron chi connectivity index (χ2n) is 6.07. The highest BCUT2D eigenvalue weighted by Crippen LogP contribution is 2.38. The number of methoxy groups -OCH3 is 2. The van der Waals surface area contributed by atoms with E-state index in [2.05, 4.69) is 5.32 Å². The van der Waals surface area contributed by atoms with Gasteiger partial charge in [0.15, 0.2) is 11.5 Å². The van der Waals surface area contributed by atoms with Gasteiger partial charge in [0.2, 0.25) is 5.75 Å². The molecule has 1 amide bonds. The van der Waals surface area contributed by atoms with E-state index in [0.29, 0.717) is 17.2 Å². The molecule has 5 nitrogen and oxygen atoms in total. The molecule has 1 N–H and O–H groups in total. The van der Waals surface area contributed by atoms with E-state index in [4.69, 9.17) is 14.2 Å². The van der Waals surface area contributed by atoms with Crippen LogP contribution in [0, 0.1) is 0 Å². The van der Waals surface area contributed by atoms with Crippen molar-refractivity contribution in [2.75, 3.05) is 14.2 Å². The Bertz CT molecular complexity index is 693. The van der Waals surface area contributed by atoms with Crippen LogP contribution in [0.1, 0.15) is 36.0 Å². The van der Waals surface area contributed by atoms with Gasteiger partial charge in [0, 0.05) is 17.0 Å². The number of thiophene rings is 1. The first kappa shape index (κ1) is 17.6. The number of hydrogen-bond donors (Lipinski definition) is 1. The van der Waals surface area contributed by atoms with E-state index in [1.807, 2.05) is 35.0 Å². The molecule has 0 spiro atoms. The van der Waals surface area contributed by atoms with Crippen molar-refractivity contribution >= 4 is 17.2 Å². The SMILES string of the molecule is COc1cccc(OC2CCC(NC(=O)c3ccsc3)CC2)c1OC. The summed E-state index contributed by atoms with van der Waals surface area (Å²) in [4.78, 5) is 12.1. The van der Waals surface area contributed by atoms with Gasteiger partial charge >= 0.3 is 0 Å². The number of benzene rings is 1. The molecule has 1 aromatic heterocycles. The van der Waals surface area contributed by atoms with Crippen LogP contribution in [0.5, 0.6) is 17.2 Å². The normalized spacial score (nSPS) is 19.9. The predicted octanol–water partition coefficient (Wildman–Crippen LogP) is 3.89. The number of hydrogen-bond acceptors (Lipinski definition) is 5. The molecule has 0 aliphatic heterocycles. The average Bonchev–Trinajstić information content (AvgIpc) is 3.18. The van der Waals surface area contributed by atoms with Crippen molar-refractivity contribution in [3.8, 4) is 17.2 Å². The fourth-order valence-electron chi connectivity index (χ4n) is 3.12. The Labute approximate surface area is 151 Å². The van der Waals surface area contributed by atoms with E-state index in [0.717, 1.165) is 31.2 Å². The lowest BCUT2D eigenvalue weighted by molar-refractivity contribution is 0.0891. The van der Waals surface area contributed by atoms with Gasteiger partial charge in [-0.15, -0.1) is 0 Å². The Morgan fingerprint density at radius 3 is 2.48 bits per heavy atom. The molecule has 0 atom stereocenters. The summed E-state index contributed by atoms with van der Waals surface area (Å²) in [6.45, 7) is 0. The zero-order valence-corrected chi connectivity index (χ0v) is 15.3. The molecule has 1 fully saturated rings. The Morgan fingerprint density at radius 2 is 1.84 bits per heavy atom. The van der Waals surface area contributed by atoms with Crippen LogP contribution >= 0.6 is 11.3 Å². The highest BCUT2D eigenvalue weighted by atomic mass is 32.1. The Kier molecular flexibility index (Phi) is 5.81. The molecule has 0 saturated heterocycles. The number of para-hydroxylation sites is 1. The second-order valence-corrected chi connectivity index (χ2v) is 6.85. The maximum atomic E-state index is 12.1. The molecule has 134 valence electrons. The Morgan fingerprint density at radius 1 is 1.08 bits per heavy atom. The highest BCUT2D eigenvalue weighted by Gasteiger charge is 2.25. The third-order valence-electron chi connectivity index (χ3n) is 4.45. The van der Waals surface area contributed by atoms with Gasteiger partial charge in [-0.1, -0.05) is 6.07 Å². The summed E-state index contributed by atoms with van der Waals surface area (Å²) < 4.78 is 16.9. The summed E-state index contributed by atoms with van der Waals surface area (Å²) in [7, 11) is 3.23. The minimum Gasteiger partial charge on any atom is -0.493 e. The summed E-state index contributed by atoms with van der Waals surface area (Å²) in [6, 6.07) is 7.70. The third-order valence-corrected chi connectivity index (χ3v) is 5.14. The minimum atomic E-state index is 0.0140. The zero-order valence-electron chi connectivity index (χ0n) is 14.5. The van der Waals surface area contributed by atoms with Crippen LogP contribution in [0.15, 0.2) is 35.0 Å². The van der Waals surface area contributed by atoms with Crippen molar-refractivity contribution < 1.29 is 19.0 Å². The molecule has 6 heteroatoms. The van der Waals surface area contributed by atoms with E-state index in [-0.39, 0.29) is 18.1 Å².